The van der Waals surface area contributed by atoms with Gasteiger partial charge in [0.25, 0.3) is 0 Å². The predicted molar refractivity (Wildman–Crippen MR) is 78.3 cm³/mol. The van der Waals surface area contributed by atoms with E-state index in [1.54, 1.807) is 0 Å². The van der Waals surface area contributed by atoms with Crippen molar-refractivity contribution in [2.24, 2.45) is 5.73 Å². The SMILES string of the molecule is CN(C)S(=O)(=O)c1ccc(OCC(=CF)CN)cc1.Cl. The van der Waals surface area contributed by atoms with Gasteiger partial charge >= 0.3 is 0 Å². The van der Waals surface area contributed by atoms with E-state index in [1.807, 2.05) is 0 Å². The van der Waals surface area contributed by atoms with Gasteiger partial charge in [-0.15, -0.1) is 12.4 Å². The molecule has 0 unspecified atom stereocenters. The molecule has 0 radical (unpaired) electrons. The first kappa shape index (κ1) is 18.9. The standard InChI is InChI=1S/C12H17FN2O3S.ClH/c1-15(2)19(16,17)12-5-3-11(4-6-12)18-9-10(7-13)8-14;/h3-7H,8-9,14H2,1-2H3;1H. The van der Waals surface area contributed by atoms with E-state index in [1.165, 1.54) is 38.4 Å². The number of nitrogens with two attached hydrogens (primary N) is 1. The van der Waals surface area contributed by atoms with Gasteiger partial charge in [0.2, 0.25) is 10.0 Å². The van der Waals surface area contributed by atoms with E-state index in [4.69, 9.17) is 10.5 Å². The summed E-state index contributed by atoms with van der Waals surface area (Å²) in [7, 11) is -0.533. The quantitative estimate of drug-likeness (QED) is 0.861. The van der Waals surface area contributed by atoms with E-state index in [0.717, 1.165) is 4.31 Å². The van der Waals surface area contributed by atoms with Gasteiger partial charge in [-0.2, -0.15) is 0 Å². The van der Waals surface area contributed by atoms with Crippen LogP contribution in [0.3, 0.4) is 0 Å². The van der Waals surface area contributed by atoms with Crippen molar-refractivity contribution in [2.75, 3.05) is 27.2 Å². The van der Waals surface area contributed by atoms with Crippen molar-refractivity contribution in [3.05, 3.63) is 36.2 Å². The average Bonchev–Trinajstić information content (AvgIpc) is 2.40. The molecule has 0 aliphatic rings. The molecule has 1 rings (SSSR count). The Bertz CT molecular complexity index is 544. The second-order valence-corrected chi connectivity index (χ2v) is 6.17. The van der Waals surface area contributed by atoms with Gasteiger partial charge in [-0.1, -0.05) is 0 Å². The minimum Gasteiger partial charge on any atom is -0.489 e. The van der Waals surface area contributed by atoms with Crippen LogP contribution in [-0.2, 0) is 10.0 Å². The monoisotopic (exact) mass is 324 g/mol. The Hall–Kier alpha value is -1.15. The third-order valence-electron chi connectivity index (χ3n) is 2.44. The molecule has 0 amide bonds. The van der Waals surface area contributed by atoms with E-state index in [0.29, 0.717) is 17.7 Å². The van der Waals surface area contributed by atoms with Gasteiger partial charge in [-0.3, -0.25) is 0 Å². The van der Waals surface area contributed by atoms with Crippen molar-refractivity contribution in [3.8, 4) is 5.75 Å². The topological polar surface area (TPSA) is 72.6 Å². The molecule has 0 atom stereocenters. The summed E-state index contributed by atoms with van der Waals surface area (Å²) in [6.07, 6.45) is 0.408. The van der Waals surface area contributed by atoms with Crippen LogP contribution >= 0.6 is 12.4 Å². The largest absolute Gasteiger partial charge is 0.489 e. The van der Waals surface area contributed by atoms with E-state index in [2.05, 4.69) is 0 Å². The molecule has 0 aliphatic carbocycles. The highest BCUT2D eigenvalue weighted by Crippen LogP contribution is 2.18. The fourth-order valence-corrected chi connectivity index (χ4v) is 2.13. The smallest absolute Gasteiger partial charge is 0.242 e. The Morgan fingerprint density at radius 3 is 2.30 bits per heavy atom. The van der Waals surface area contributed by atoms with E-state index >= 15 is 0 Å². The van der Waals surface area contributed by atoms with Crippen molar-refractivity contribution >= 4 is 22.4 Å². The molecule has 0 bridgehead atoms. The molecule has 1 aromatic carbocycles. The summed E-state index contributed by atoms with van der Waals surface area (Å²) in [4.78, 5) is 0.171. The Balaban J connectivity index is 0.00000361. The molecule has 0 fully saturated rings. The van der Waals surface area contributed by atoms with Crippen LogP contribution in [0.1, 0.15) is 0 Å². The number of nitrogens with zero attached hydrogens (tertiary/aromatic N) is 1. The number of sulfonamides is 1. The lowest BCUT2D eigenvalue weighted by atomic mass is 10.3. The van der Waals surface area contributed by atoms with Crippen molar-refractivity contribution in [2.45, 2.75) is 4.90 Å². The summed E-state index contributed by atoms with van der Waals surface area (Å²) < 4.78 is 42.3. The third kappa shape index (κ3) is 4.75. The van der Waals surface area contributed by atoms with Crippen LogP contribution in [0.4, 0.5) is 4.39 Å². The Morgan fingerprint density at radius 1 is 1.35 bits per heavy atom. The van der Waals surface area contributed by atoms with Gasteiger partial charge in [0.1, 0.15) is 12.4 Å². The summed E-state index contributed by atoms with van der Waals surface area (Å²) in [5.41, 5.74) is 5.61. The Labute approximate surface area is 124 Å². The molecule has 5 nitrogen and oxygen atoms in total. The minimum atomic E-state index is -3.45. The maximum atomic E-state index is 12.3. The van der Waals surface area contributed by atoms with Crippen LogP contribution in [0.15, 0.2) is 41.1 Å². The molecule has 0 spiro atoms. The summed E-state index contributed by atoms with van der Waals surface area (Å²) in [5, 5.41) is 0. The van der Waals surface area contributed by atoms with Gasteiger partial charge in [0, 0.05) is 26.2 Å². The molecule has 2 N–H and O–H groups in total. The summed E-state index contributed by atoms with van der Waals surface area (Å²) in [5.74, 6) is 0.450. The number of ether oxygens (including phenoxy) is 1. The van der Waals surface area contributed by atoms with Crippen LogP contribution in [0.25, 0.3) is 0 Å². The maximum absolute atomic E-state index is 12.3. The molecule has 114 valence electrons. The molecule has 20 heavy (non-hydrogen) atoms. The van der Waals surface area contributed by atoms with Crippen molar-refractivity contribution in [3.63, 3.8) is 0 Å². The Kier molecular flexibility index (Phi) is 7.74. The average molecular weight is 325 g/mol. The van der Waals surface area contributed by atoms with E-state index in [9.17, 15) is 12.8 Å². The third-order valence-corrected chi connectivity index (χ3v) is 4.27. The van der Waals surface area contributed by atoms with Gasteiger partial charge < -0.3 is 10.5 Å². The zero-order chi connectivity index (χ0) is 14.5. The summed E-state index contributed by atoms with van der Waals surface area (Å²) in [6, 6.07) is 5.91. The maximum Gasteiger partial charge on any atom is 0.242 e. The molecule has 0 aliphatic heterocycles. The van der Waals surface area contributed by atoms with Gasteiger partial charge in [0.15, 0.2) is 0 Å². The van der Waals surface area contributed by atoms with Gasteiger partial charge in [-0.25, -0.2) is 17.1 Å². The molecule has 0 aromatic heterocycles. The molecule has 0 saturated heterocycles. The van der Waals surface area contributed by atoms with Crippen molar-refractivity contribution in [1.29, 1.82) is 0 Å². The first-order valence-corrected chi connectivity index (χ1v) is 6.99. The van der Waals surface area contributed by atoms with E-state index in [-0.39, 0.29) is 30.5 Å². The highest BCUT2D eigenvalue weighted by Gasteiger charge is 2.16. The first-order chi connectivity index (χ1) is 8.91. The van der Waals surface area contributed by atoms with Crippen LogP contribution in [0, 0.1) is 0 Å². The highest BCUT2D eigenvalue weighted by atomic mass is 35.5. The lowest BCUT2D eigenvalue weighted by molar-refractivity contribution is 0.347. The van der Waals surface area contributed by atoms with Gasteiger partial charge in [0.05, 0.1) is 11.2 Å². The number of benzene rings is 1. The normalized spacial score (nSPS) is 12.2. The lowest BCUT2D eigenvalue weighted by Gasteiger charge is -2.12. The second kappa shape index (κ2) is 8.21. The number of halogens is 2. The molecule has 8 heteroatoms. The number of hydrogen-bond donors (Lipinski definition) is 1. The predicted octanol–water partition coefficient (Wildman–Crippen LogP) is 1.55. The highest BCUT2D eigenvalue weighted by molar-refractivity contribution is 7.89. The molecular weight excluding hydrogens is 307 g/mol. The van der Waals surface area contributed by atoms with Crippen LogP contribution in [0.2, 0.25) is 0 Å². The summed E-state index contributed by atoms with van der Waals surface area (Å²) in [6.45, 7) is 0.108. The molecule has 0 heterocycles. The zero-order valence-corrected chi connectivity index (χ0v) is 12.9. The fraction of sp³-hybridized carbons (Fsp3) is 0.333. The number of hydrogen-bond acceptors (Lipinski definition) is 4. The molecular formula is C12H18ClFN2O3S. The summed E-state index contributed by atoms with van der Waals surface area (Å²) >= 11 is 0. The first-order valence-electron chi connectivity index (χ1n) is 5.55. The fourth-order valence-electron chi connectivity index (χ4n) is 1.23. The van der Waals surface area contributed by atoms with Crippen LogP contribution in [0.5, 0.6) is 5.75 Å². The Morgan fingerprint density at radius 2 is 1.90 bits per heavy atom. The molecule has 1 aromatic rings. The van der Waals surface area contributed by atoms with Crippen molar-refractivity contribution in [1.82, 2.24) is 4.31 Å². The number of rotatable bonds is 6. The molecule has 0 saturated carbocycles. The van der Waals surface area contributed by atoms with Crippen molar-refractivity contribution < 1.29 is 17.5 Å². The van der Waals surface area contributed by atoms with Gasteiger partial charge in [-0.05, 0) is 24.3 Å². The zero-order valence-electron chi connectivity index (χ0n) is 11.2. The minimum absolute atomic E-state index is 0. The van der Waals surface area contributed by atoms with Crippen LogP contribution < -0.4 is 10.5 Å². The van der Waals surface area contributed by atoms with Crippen LogP contribution in [-0.4, -0.2) is 40.0 Å². The van der Waals surface area contributed by atoms with E-state index < -0.39 is 10.0 Å². The lowest BCUT2D eigenvalue weighted by Crippen LogP contribution is -2.22. The second-order valence-electron chi connectivity index (χ2n) is 4.02.